The van der Waals surface area contributed by atoms with Gasteiger partial charge in [-0.1, -0.05) is 31.4 Å². The number of nitrogens with zero attached hydrogens (tertiary/aromatic N) is 3. The number of pyridine rings is 1. The summed E-state index contributed by atoms with van der Waals surface area (Å²) in [7, 11) is 0. The summed E-state index contributed by atoms with van der Waals surface area (Å²) in [6.07, 6.45) is 7.65. The maximum absolute atomic E-state index is 12.6. The van der Waals surface area contributed by atoms with Crippen molar-refractivity contribution < 1.29 is 4.79 Å². The van der Waals surface area contributed by atoms with E-state index in [1.807, 2.05) is 12.1 Å². The summed E-state index contributed by atoms with van der Waals surface area (Å²) in [6.45, 7) is 5.99. The van der Waals surface area contributed by atoms with E-state index in [1.165, 1.54) is 30.5 Å². The Bertz CT molecular complexity index is 808. The number of aromatic nitrogens is 1. The smallest absolute Gasteiger partial charge is 0.270 e. The van der Waals surface area contributed by atoms with Crippen LogP contribution in [-0.2, 0) is 0 Å². The van der Waals surface area contributed by atoms with Crippen molar-refractivity contribution in [3.8, 4) is 0 Å². The number of carbonyl (C=O) groups excluding carboxylic acids is 1. The third kappa shape index (κ3) is 4.46. The van der Waals surface area contributed by atoms with Crippen molar-refractivity contribution in [1.82, 2.24) is 10.3 Å². The van der Waals surface area contributed by atoms with Crippen LogP contribution in [0, 0.1) is 6.92 Å². The minimum atomic E-state index is -0.0350. The number of benzene rings is 1. The van der Waals surface area contributed by atoms with Gasteiger partial charge in [-0.25, -0.2) is 0 Å². The lowest BCUT2D eigenvalue weighted by Gasteiger charge is -2.37. The van der Waals surface area contributed by atoms with E-state index in [4.69, 9.17) is 0 Å². The largest absolute Gasteiger partial charge is 0.368 e. The molecule has 0 radical (unpaired) electrons. The van der Waals surface area contributed by atoms with Crippen molar-refractivity contribution in [2.45, 2.75) is 45.1 Å². The Hall–Kier alpha value is -2.56. The Morgan fingerprint density at radius 1 is 0.964 bits per heavy atom. The molecule has 1 aliphatic carbocycles. The van der Waals surface area contributed by atoms with E-state index < -0.39 is 0 Å². The Morgan fingerprint density at radius 2 is 1.64 bits per heavy atom. The van der Waals surface area contributed by atoms with Gasteiger partial charge in [0.05, 0.1) is 0 Å². The first-order chi connectivity index (χ1) is 13.7. The van der Waals surface area contributed by atoms with Crippen molar-refractivity contribution in [1.29, 1.82) is 0 Å². The van der Waals surface area contributed by atoms with Gasteiger partial charge < -0.3 is 15.1 Å². The predicted octanol–water partition coefficient (Wildman–Crippen LogP) is 3.78. The Labute approximate surface area is 167 Å². The number of aryl methyl sites for hydroxylation is 1. The molecule has 2 heterocycles. The van der Waals surface area contributed by atoms with E-state index in [2.05, 4.69) is 51.3 Å². The number of anilines is 2. The summed E-state index contributed by atoms with van der Waals surface area (Å²) in [5, 5.41) is 3.17. The van der Waals surface area contributed by atoms with E-state index in [0.717, 1.165) is 44.7 Å². The highest BCUT2D eigenvalue weighted by molar-refractivity contribution is 5.93. The molecule has 0 unspecified atom stereocenters. The quantitative estimate of drug-likeness (QED) is 0.880. The molecular formula is C23H30N4O. The van der Waals surface area contributed by atoms with Crippen LogP contribution in [0.4, 0.5) is 11.4 Å². The molecule has 148 valence electrons. The molecule has 2 aliphatic rings. The summed E-state index contributed by atoms with van der Waals surface area (Å²) >= 11 is 0. The summed E-state index contributed by atoms with van der Waals surface area (Å²) in [4.78, 5) is 21.7. The number of rotatable bonds is 4. The van der Waals surface area contributed by atoms with E-state index in [1.54, 1.807) is 6.20 Å². The zero-order valence-corrected chi connectivity index (χ0v) is 16.7. The van der Waals surface area contributed by atoms with Crippen LogP contribution >= 0.6 is 0 Å². The lowest BCUT2D eigenvalue weighted by Crippen LogP contribution is -2.46. The third-order valence-corrected chi connectivity index (χ3v) is 5.93. The SMILES string of the molecule is Cc1cccc(N2CCN(c3ccnc(C(=O)NC4CCCCC4)c3)CC2)c1. The summed E-state index contributed by atoms with van der Waals surface area (Å²) in [6, 6.07) is 13.0. The number of hydrogen-bond donors (Lipinski definition) is 1. The van der Waals surface area contributed by atoms with Crippen molar-refractivity contribution in [2.75, 3.05) is 36.0 Å². The molecular weight excluding hydrogens is 348 g/mol. The van der Waals surface area contributed by atoms with Gasteiger partial charge >= 0.3 is 0 Å². The Balaban J connectivity index is 1.37. The lowest BCUT2D eigenvalue weighted by molar-refractivity contribution is 0.0922. The van der Waals surface area contributed by atoms with Crippen LogP contribution in [0.15, 0.2) is 42.6 Å². The molecule has 1 aliphatic heterocycles. The fourth-order valence-electron chi connectivity index (χ4n) is 4.29. The molecule has 1 aromatic heterocycles. The van der Waals surface area contributed by atoms with E-state index in [-0.39, 0.29) is 5.91 Å². The van der Waals surface area contributed by atoms with Gasteiger partial charge in [-0.3, -0.25) is 9.78 Å². The molecule has 1 saturated heterocycles. The van der Waals surface area contributed by atoms with Crippen LogP contribution in [0.1, 0.15) is 48.2 Å². The molecule has 0 spiro atoms. The highest BCUT2D eigenvalue weighted by atomic mass is 16.1. The molecule has 1 aromatic carbocycles. The second kappa shape index (κ2) is 8.63. The summed E-state index contributed by atoms with van der Waals surface area (Å²) < 4.78 is 0. The van der Waals surface area contributed by atoms with Crippen LogP contribution in [0.25, 0.3) is 0 Å². The maximum atomic E-state index is 12.6. The molecule has 2 fully saturated rings. The zero-order valence-electron chi connectivity index (χ0n) is 16.7. The lowest BCUT2D eigenvalue weighted by atomic mass is 9.95. The van der Waals surface area contributed by atoms with Crippen molar-refractivity contribution >= 4 is 17.3 Å². The number of piperazine rings is 1. The normalized spacial score (nSPS) is 18.2. The first-order valence-corrected chi connectivity index (χ1v) is 10.5. The number of amides is 1. The highest BCUT2D eigenvalue weighted by Crippen LogP contribution is 2.22. The fourth-order valence-corrected chi connectivity index (χ4v) is 4.29. The maximum Gasteiger partial charge on any atom is 0.270 e. The van der Waals surface area contributed by atoms with Crippen LogP contribution in [0.2, 0.25) is 0 Å². The van der Waals surface area contributed by atoms with Gasteiger partial charge in [0.2, 0.25) is 0 Å². The topological polar surface area (TPSA) is 48.5 Å². The van der Waals surface area contributed by atoms with Crippen LogP contribution in [-0.4, -0.2) is 43.1 Å². The Morgan fingerprint density at radius 3 is 2.32 bits per heavy atom. The predicted molar refractivity (Wildman–Crippen MR) is 114 cm³/mol. The fraction of sp³-hybridized carbons (Fsp3) is 0.478. The molecule has 0 bridgehead atoms. The minimum Gasteiger partial charge on any atom is -0.368 e. The van der Waals surface area contributed by atoms with Gasteiger partial charge in [0, 0.05) is 49.8 Å². The zero-order chi connectivity index (χ0) is 19.3. The van der Waals surface area contributed by atoms with Gasteiger partial charge in [0.25, 0.3) is 5.91 Å². The summed E-state index contributed by atoms with van der Waals surface area (Å²) in [5.74, 6) is -0.0350. The first kappa shape index (κ1) is 18.8. The van der Waals surface area contributed by atoms with Crippen LogP contribution in [0.3, 0.4) is 0 Å². The molecule has 1 saturated carbocycles. The third-order valence-electron chi connectivity index (χ3n) is 5.93. The van der Waals surface area contributed by atoms with Gasteiger partial charge in [-0.15, -0.1) is 0 Å². The second-order valence-corrected chi connectivity index (χ2v) is 8.02. The van der Waals surface area contributed by atoms with E-state index in [9.17, 15) is 4.79 Å². The summed E-state index contributed by atoms with van der Waals surface area (Å²) in [5.41, 5.74) is 4.21. The molecule has 4 rings (SSSR count). The van der Waals surface area contributed by atoms with Gasteiger partial charge in [0.15, 0.2) is 0 Å². The molecule has 0 atom stereocenters. The average molecular weight is 379 g/mol. The van der Waals surface area contributed by atoms with Gasteiger partial charge in [-0.2, -0.15) is 0 Å². The molecule has 5 nitrogen and oxygen atoms in total. The monoisotopic (exact) mass is 378 g/mol. The van der Waals surface area contributed by atoms with Gasteiger partial charge in [-0.05, 0) is 49.6 Å². The molecule has 2 aromatic rings. The Kier molecular flexibility index (Phi) is 5.79. The molecule has 28 heavy (non-hydrogen) atoms. The average Bonchev–Trinajstić information content (AvgIpc) is 2.75. The molecule has 5 heteroatoms. The molecule has 1 N–H and O–H groups in total. The van der Waals surface area contributed by atoms with Crippen molar-refractivity contribution in [2.24, 2.45) is 0 Å². The number of carbonyl (C=O) groups is 1. The second-order valence-electron chi connectivity index (χ2n) is 8.02. The van der Waals surface area contributed by atoms with Crippen molar-refractivity contribution in [3.05, 3.63) is 53.9 Å². The number of hydrogen-bond acceptors (Lipinski definition) is 4. The van der Waals surface area contributed by atoms with E-state index >= 15 is 0 Å². The minimum absolute atomic E-state index is 0.0350. The first-order valence-electron chi connectivity index (χ1n) is 10.5. The van der Waals surface area contributed by atoms with Crippen LogP contribution < -0.4 is 15.1 Å². The number of nitrogens with one attached hydrogen (secondary N) is 1. The van der Waals surface area contributed by atoms with Gasteiger partial charge in [0.1, 0.15) is 5.69 Å². The van der Waals surface area contributed by atoms with Crippen LogP contribution in [0.5, 0.6) is 0 Å². The standard InChI is InChI=1S/C23H30N4O/c1-18-6-5-9-20(16-18)26-12-14-27(15-13-26)21-10-11-24-22(17-21)23(28)25-19-7-3-2-4-8-19/h5-6,9-11,16-17,19H,2-4,7-8,12-15H2,1H3,(H,25,28). The highest BCUT2D eigenvalue weighted by Gasteiger charge is 2.20. The van der Waals surface area contributed by atoms with E-state index in [0.29, 0.717) is 11.7 Å². The molecule has 1 amide bonds. The van der Waals surface area contributed by atoms with Crippen molar-refractivity contribution in [3.63, 3.8) is 0 Å².